The molecule has 1 N–H and O–H groups in total. The van der Waals surface area contributed by atoms with Crippen LogP contribution < -0.4 is 5.32 Å². The summed E-state index contributed by atoms with van der Waals surface area (Å²) in [5.41, 5.74) is 2.57. The van der Waals surface area contributed by atoms with Crippen molar-refractivity contribution in [2.45, 2.75) is 26.4 Å². The number of halogens is 1. The molecule has 0 amide bonds. The second kappa shape index (κ2) is 5.17. The Morgan fingerprint density at radius 2 is 2.31 bits per heavy atom. The van der Waals surface area contributed by atoms with E-state index in [4.69, 9.17) is 11.6 Å². The highest BCUT2D eigenvalue weighted by Gasteiger charge is 2.17. The Kier molecular flexibility index (Phi) is 3.85. The van der Waals surface area contributed by atoms with Crippen molar-refractivity contribution in [2.75, 3.05) is 19.6 Å². The Labute approximate surface area is 103 Å². The summed E-state index contributed by atoms with van der Waals surface area (Å²) in [6.07, 6.45) is 0. The molecule has 1 aliphatic rings. The highest BCUT2D eigenvalue weighted by Crippen LogP contribution is 2.21. The lowest BCUT2D eigenvalue weighted by Crippen LogP contribution is -2.48. The van der Waals surface area contributed by atoms with Gasteiger partial charge in [0, 0.05) is 37.2 Å². The fourth-order valence-corrected chi connectivity index (χ4v) is 2.53. The quantitative estimate of drug-likeness (QED) is 0.852. The molecule has 1 aromatic rings. The van der Waals surface area contributed by atoms with Crippen LogP contribution in [0.4, 0.5) is 0 Å². The van der Waals surface area contributed by atoms with Gasteiger partial charge in [-0.05, 0) is 31.0 Å². The highest BCUT2D eigenvalue weighted by atomic mass is 35.5. The van der Waals surface area contributed by atoms with E-state index in [-0.39, 0.29) is 0 Å². The molecule has 2 rings (SSSR count). The maximum atomic E-state index is 6.24. The zero-order valence-electron chi connectivity index (χ0n) is 9.96. The standard InChI is InChI=1S/C13H19ClN2/c1-10-4-3-5-13(14)12(10)9-16-7-6-15-11(2)8-16/h3-5,11,15H,6-9H2,1-2H3/t11-/m0/s1. The Balaban J connectivity index is 2.08. The Morgan fingerprint density at radius 1 is 1.50 bits per heavy atom. The van der Waals surface area contributed by atoms with Crippen LogP contribution in [0.2, 0.25) is 5.02 Å². The third kappa shape index (κ3) is 2.76. The zero-order valence-corrected chi connectivity index (χ0v) is 10.7. The van der Waals surface area contributed by atoms with Crippen molar-refractivity contribution in [3.63, 3.8) is 0 Å². The Morgan fingerprint density at radius 3 is 3.00 bits per heavy atom. The van der Waals surface area contributed by atoms with E-state index < -0.39 is 0 Å². The van der Waals surface area contributed by atoms with Gasteiger partial charge in [0.1, 0.15) is 0 Å². The fourth-order valence-electron chi connectivity index (χ4n) is 2.25. The predicted molar refractivity (Wildman–Crippen MR) is 68.9 cm³/mol. The second-order valence-corrected chi connectivity index (χ2v) is 5.03. The van der Waals surface area contributed by atoms with E-state index in [9.17, 15) is 0 Å². The lowest BCUT2D eigenvalue weighted by atomic mass is 10.1. The van der Waals surface area contributed by atoms with Crippen molar-refractivity contribution < 1.29 is 0 Å². The number of piperazine rings is 1. The van der Waals surface area contributed by atoms with Crippen LogP contribution in [0.15, 0.2) is 18.2 Å². The number of nitrogens with zero attached hydrogens (tertiary/aromatic N) is 1. The minimum atomic E-state index is 0.580. The molecule has 2 nitrogen and oxygen atoms in total. The molecule has 0 unspecified atom stereocenters. The van der Waals surface area contributed by atoms with Gasteiger partial charge in [-0.2, -0.15) is 0 Å². The molecule has 0 bridgehead atoms. The van der Waals surface area contributed by atoms with Gasteiger partial charge in [-0.25, -0.2) is 0 Å². The first-order valence-electron chi connectivity index (χ1n) is 5.86. The normalized spacial score (nSPS) is 22.3. The van der Waals surface area contributed by atoms with Gasteiger partial charge in [0.2, 0.25) is 0 Å². The van der Waals surface area contributed by atoms with Gasteiger partial charge in [0.15, 0.2) is 0 Å². The lowest BCUT2D eigenvalue weighted by molar-refractivity contribution is 0.199. The predicted octanol–water partition coefficient (Wildman–Crippen LogP) is 2.44. The summed E-state index contributed by atoms with van der Waals surface area (Å²) in [7, 11) is 0. The number of nitrogens with one attached hydrogen (secondary N) is 1. The van der Waals surface area contributed by atoms with Gasteiger partial charge in [-0.1, -0.05) is 23.7 Å². The van der Waals surface area contributed by atoms with Gasteiger partial charge in [-0.15, -0.1) is 0 Å². The van der Waals surface area contributed by atoms with E-state index in [1.54, 1.807) is 0 Å². The summed E-state index contributed by atoms with van der Waals surface area (Å²) in [6, 6.07) is 6.71. The number of aryl methyl sites for hydroxylation is 1. The van der Waals surface area contributed by atoms with Crippen LogP contribution in [0, 0.1) is 6.92 Å². The molecule has 0 radical (unpaired) electrons. The second-order valence-electron chi connectivity index (χ2n) is 4.63. The van der Waals surface area contributed by atoms with Crippen molar-refractivity contribution in [2.24, 2.45) is 0 Å². The van der Waals surface area contributed by atoms with Crippen LogP contribution in [0.5, 0.6) is 0 Å². The summed E-state index contributed by atoms with van der Waals surface area (Å²) < 4.78 is 0. The summed E-state index contributed by atoms with van der Waals surface area (Å²) in [5.74, 6) is 0. The van der Waals surface area contributed by atoms with E-state index in [0.717, 1.165) is 31.2 Å². The molecule has 0 aromatic heterocycles. The molecule has 1 aromatic carbocycles. The molecule has 0 saturated carbocycles. The van der Waals surface area contributed by atoms with Gasteiger partial charge >= 0.3 is 0 Å². The van der Waals surface area contributed by atoms with E-state index in [0.29, 0.717) is 6.04 Å². The minimum absolute atomic E-state index is 0.580. The van der Waals surface area contributed by atoms with Crippen LogP contribution in [0.1, 0.15) is 18.1 Å². The van der Waals surface area contributed by atoms with Crippen molar-refractivity contribution in [3.8, 4) is 0 Å². The molecule has 1 fully saturated rings. The van der Waals surface area contributed by atoms with E-state index in [1.807, 2.05) is 12.1 Å². The monoisotopic (exact) mass is 238 g/mol. The molecule has 1 atom stereocenters. The number of benzene rings is 1. The van der Waals surface area contributed by atoms with Crippen LogP contribution >= 0.6 is 11.6 Å². The number of rotatable bonds is 2. The van der Waals surface area contributed by atoms with Crippen molar-refractivity contribution >= 4 is 11.6 Å². The highest BCUT2D eigenvalue weighted by molar-refractivity contribution is 6.31. The average molecular weight is 239 g/mol. The topological polar surface area (TPSA) is 15.3 Å². The molecule has 1 saturated heterocycles. The van der Waals surface area contributed by atoms with Crippen LogP contribution in [-0.2, 0) is 6.54 Å². The van der Waals surface area contributed by atoms with E-state index >= 15 is 0 Å². The molecule has 0 aliphatic carbocycles. The van der Waals surface area contributed by atoms with Gasteiger partial charge < -0.3 is 5.32 Å². The fraction of sp³-hybridized carbons (Fsp3) is 0.538. The summed E-state index contributed by atoms with van der Waals surface area (Å²) >= 11 is 6.24. The SMILES string of the molecule is Cc1cccc(Cl)c1CN1CCN[C@@H](C)C1. The molecule has 1 heterocycles. The maximum Gasteiger partial charge on any atom is 0.0453 e. The molecule has 1 aliphatic heterocycles. The summed E-state index contributed by atoms with van der Waals surface area (Å²) in [6.45, 7) is 8.61. The van der Waals surface area contributed by atoms with Gasteiger partial charge in [0.05, 0.1) is 0 Å². The first kappa shape index (κ1) is 11.9. The Bertz CT molecular complexity index is 345. The average Bonchev–Trinajstić information content (AvgIpc) is 2.24. The Hall–Kier alpha value is -0.570. The van der Waals surface area contributed by atoms with Crippen LogP contribution in [0.25, 0.3) is 0 Å². The van der Waals surface area contributed by atoms with Gasteiger partial charge in [0.25, 0.3) is 0 Å². The molecule has 88 valence electrons. The third-order valence-corrected chi connectivity index (χ3v) is 3.54. The van der Waals surface area contributed by atoms with Crippen molar-refractivity contribution in [1.82, 2.24) is 10.2 Å². The van der Waals surface area contributed by atoms with Crippen LogP contribution in [-0.4, -0.2) is 30.6 Å². The molecular formula is C13H19ClN2. The first-order valence-corrected chi connectivity index (χ1v) is 6.24. The van der Waals surface area contributed by atoms with Gasteiger partial charge in [-0.3, -0.25) is 4.90 Å². The molecule has 16 heavy (non-hydrogen) atoms. The van der Waals surface area contributed by atoms with Crippen molar-refractivity contribution in [1.29, 1.82) is 0 Å². The molecule has 3 heteroatoms. The summed E-state index contributed by atoms with van der Waals surface area (Å²) in [5, 5.41) is 4.35. The maximum absolute atomic E-state index is 6.24. The van der Waals surface area contributed by atoms with E-state index in [1.165, 1.54) is 11.1 Å². The first-order chi connectivity index (χ1) is 7.66. The van der Waals surface area contributed by atoms with Crippen LogP contribution in [0.3, 0.4) is 0 Å². The zero-order chi connectivity index (χ0) is 11.5. The smallest absolute Gasteiger partial charge is 0.0453 e. The summed E-state index contributed by atoms with van der Waals surface area (Å²) in [4.78, 5) is 2.47. The number of hydrogen-bond acceptors (Lipinski definition) is 2. The molecule has 0 spiro atoms. The lowest BCUT2D eigenvalue weighted by Gasteiger charge is -2.32. The largest absolute Gasteiger partial charge is 0.312 e. The third-order valence-electron chi connectivity index (χ3n) is 3.19. The molecular weight excluding hydrogens is 220 g/mol. The van der Waals surface area contributed by atoms with E-state index in [2.05, 4.69) is 30.1 Å². The number of hydrogen-bond donors (Lipinski definition) is 1. The minimum Gasteiger partial charge on any atom is -0.312 e. The van der Waals surface area contributed by atoms with Crippen molar-refractivity contribution in [3.05, 3.63) is 34.3 Å².